The van der Waals surface area contributed by atoms with E-state index in [1.807, 2.05) is 11.0 Å². The van der Waals surface area contributed by atoms with Gasteiger partial charge in [0.1, 0.15) is 23.6 Å². The topological polar surface area (TPSA) is 109 Å². The van der Waals surface area contributed by atoms with E-state index in [1.54, 1.807) is 0 Å². The average molecular weight is 289 g/mol. The minimum absolute atomic E-state index is 0.129. The van der Waals surface area contributed by atoms with Crippen molar-refractivity contribution in [2.45, 2.75) is 32.2 Å². The van der Waals surface area contributed by atoms with Crippen molar-refractivity contribution in [2.24, 2.45) is 11.7 Å². The van der Waals surface area contributed by atoms with Gasteiger partial charge < -0.3 is 10.6 Å². The van der Waals surface area contributed by atoms with Crippen LogP contribution >= 0.6 is 0 Å². The molecule has 1 saturated heterocycles. The number of piperidine rings is 1. The van der Waals surface area contributed by atoms with Crippen molar-refractivity contribution in [1.29, 1.82) is 5.26 Å². The molecular weight excluding hydrogens is 270 g/mol. The monoisotopic (exact) mass is 289 g/mol. The number of nitro groups is 1. The first-order valence-corrected chi connectivity index (χ1v) is 7.11. The van der Waals surface area contributed by atoms with E-state index in [0.717, 1.165) is 25.8 Å². The molecule has 2 atom stereocenters. The zero-order valence-electron chi connectivity index (χ0n) is 12.0. The Hall–Kier alpha value is -2.20. The molecule has 21 heavy (non-hydrogen) atoms. The van der Waals surface area contributed by atoms with Crippen molar-refractivity contribution in [3.05, 3.63) is 27.9 Å². The van der Waals surface area contributed by atoms with Gasteiger partial charge in [0.15, 0.2) is 0 Å². The summed E-state index contributed by atoms with van der Waals surface area (Å²) >= 11 is 0. The summed E-state index contributed by atoms with van der Waals surface area (Å²) in [5.41, 5.74) is 5.93. The second-order valence-electron chi connectivity index (χ2n) is 5.32. The standard InChI is InChI=1S/C14H19N5O2/c1-2-10-3-4-18(12(5-10)8-16)14-11(7-15)6-13(9-17-14)19(20)21/h6,9-10,12H,2-5,8,16H2,1H3. The van der Waals surface area contributed by atoms with Crippen LogP contribution in [-0.2, 0) is 0 Å². The molecule has 1 aromatic heterocycles. The SMILES string of the molecule is CCC1CCN(c2ncc([N+](=O)[O-])cc2C#N)C(CN)C1. The first-order chi connectivity index (χ1) is 10.1. The number of hydrogen-bond acceptors (Lipinski definition) is 6. The number of hydrogen-bond donors (Lipinski definition) is 1. The van der Waals surface area contributed by atoms with Gasteiger partial charge in [-0.1, -0.05) is 13.3 Å². The third kappa shape index (κ3) is 3.11. The molecule has 2 unspecified atom stereocenters. The van der Waals surface area contributed by atoms with E-state index in [-0.39, 0.29) is 17.3 Å². The van der Waals surface area contributed by atoms with Gasteiger partial charge in [0, 0.05) is 25.2 Å². The summed E-state index contributed by atoms with van der Waals surface area (Å²) in [6, 6.07) is 3.42. The van der Waals surface area contributed by atoms with E-state index in [1.165, 1.54) is 12.3 Å². The Morgan fingerprint density at radius 3 is 3.00 bits per heavy atom. The van der Waals surface area contributed by atoms with E-state index < -0.39 is 4.92 Å². The summed E-state index contributed by atoms with van der Waals surface area (Å²) in [4.78, 5) is 16.4. The van der Waals surface area contributed by atoms with E-state index in [4.69, 9.17) is 5.73 Å². The maximum Gasteiger partial charge on any atom is 0.289 e. The molecule has 7 nitrogen and oxygen atoms in total. The highest BCUT2D eigenvalue weighted by Gasteiger charge is 2.29. The fourth-order valence-electron chi connectivity index (χ4n) is 2.86. The van der Waals surface area contributed by atoms with Gasteiger partial charge in [0.25, 0.3) is 5.69 Å². The molecule has 2 heterocycles. The number of nitrogens with two attached hydrogens (primary N) is 1. The van der Waals surface area contributed by atoms with Crippen molar-refractivity contribution >= 4 is 11.5 Å². The number of aromatic nitrogens is 1. The second-order valence-corrected chi connectivity index (χ2v) is 5.32. The smallest absolute Gasteiger partial charge is 0.289 e. The summed E-state index contributed by atoms with van der Waals surface area (Å²) in [6.45, 7) is 3.43. The Balaban J connectivity index is 2.32. The maximum atomic E-state index is 10.8. The summed E-state index contributed by atoms with van der Waals surface area (Å²) in [5.74, 6) is 1.14. The average Bonchev–Trinajstić information content (AvgIpc) is 2.53. The molecule has 7 heteroatoms. The van der Waals surface area contributed by atoms with Gasteiger partial charge in [-0.25, -0.2) is 4.98 Å². The minimum Gasteiger partial charge on any atom is -0.351 e. The van der Waals surface area contributed by atoms with Gasteiger partial charge in [-0.2, -0.15) is 5.26 Å². The summed E-state index contributed by atoms with van der Waals surface area (Å²) in [6.07, 6.45) is 4.31. The van der Waals surface area contributed by atoms with Gasteiger partial charge in [0.2, 0.25) is 0 Å². The summed E-state index contributed by atoms with van der Waals surface area (Å²) < 4.78 is 0. The predicted molar refractivity (Wildman–Crippen MR) is 78.8 cm³/mol. The van der Waals surface area contributed by atoms with Crippen molar-refractivity contribution < 1.29 is 4.92 Å². The van der Waals surface area contributed by atoms with Gasteiger partial charge in [-0.05, 0) is 18.8 Å². The molecule has 1 aliphatic heterocycles. The molecule has 0 radical (unpaired) electrons. The van der Waals surface area contributed by atoms with Crippen molar-refractivity contribution in [3.8, 4) is 6.07 Å². The molecule has 0 amide bonds. The number of anilines is 1. The minimum atomic E-state index is -0.540. The largest absolute Gasteiger partial charge is 0.351 e. The third-order valence-corrected chi connectivity index (χ3v) is 4.13. The molecule has 1 fully saturated rings. The lowest BCUT2D eigenvalue weighted by atomic mass is 9.88. The lowest BCUT2D eigenvalue weighted by molar-refractivity contribution is -0.385. The Kier molecular flexibility index (Phi) is 4.70. The fraction of sp³-hybridized carbons (Fsp3) is 0.571. The van der Waals surface area contributed by atoms with E-state index >= 15 is 0 Å². The predicted octanol–water partition coefficient (Wildman–Crippen LogP) is 1.82. The highest BCUT2D eigenvalue weighted by molar-refractivity contribution is 5.58. The zero-order chi connectivity index (χ0) is 15.4. The molecule has 2 N–H and O–H groups in total. The van der Waals surface area contributed by atoms with Gasteiger partial charge in [-0.15, -0.1) is 0 Å². The van der Waals surface area contributed by atoms with Crippen LogP contribution in [0.5, 0.6) is 0 Å². The quantitative estimate of drug-likeness (QED) is 0.668. The Morgan fingerprint density at radius 2 is 2.43 bits per heavy atom. The lowest BCUT2D eigenvalue weighted by Gasteiger charge is -2.39. The molecular formula is C14H19N5O2. The molecule has 0 saturated carbocycles. The summed E-state index contributed by atoms with van der Waals surface area (Å²) in [7, 11) is 0. The molecule has 0 aliphatic carbocycles. The fourth-order valence-corrected chi connectivity index (χ4v) is 2.86. The molecule has 0 spiro atoms. The lowest BCUT2D eigenvalue weighted by Crippen LogP contribution is -2.47. The highest BCUT2D eigenvalue weighted by Crippen LogP contribution is 2.31. The third-order valence-electron chi connectivity index (χ3n) is 4.13. The van der Waals surface area contributed by atoms with E-state index in [2.05, 4.69) is 11.9 Å². The van der Waals surface area contributed by atoms with Crippen LogP contribution in [0.4, 0.5) is 11.5 Å². The van der Waals surface area contributed by atoms with Crippen LogP contribution in [0.1, 0.15) is 31.7 Å². The first kappa shape index (κ1) is 15.2. The Morgan fingerprint density at radius 1 is 1.67 bits per heavy atom. The number of rotatable bonds is 4. The van der Waals surface area contributed by atoms with Crippen LogP contribution in [0.25, 0.3) is 0 Å². The number of nitrogens with zero attached hydrogens (tertiary/aromatic N) is 4. The maximum absolute atomic E-state index is 10.8. The Labute approximate surface area is 123 Å². The second kappa shape index (κ2) is 6.50. The van der Waals surface area contributed by atoms with Crippen molar-refractivity contribution in [1.82, 2.24) is 4.98 Å². The molecule has 2 rings (SSSR count). The van der Waals surface area contributed by atoms with Crippen molar-refractivity contribution in [3.63, 3.8) is 0 Å². The van der Waals surface area contributed by atoms with Crippen LogP contribution in [0, 0.1) is 27.4 Å². The summed E-state index contributed by atoms with van der Waals surface area (Å²) in [5, 5.41) is 20.0. The molecule has 1 aromatic rings. The van der Waals surface area contributed by atoms with Crippen LogP contribution in [0.3, 0.4) is 0 Å². The Bertz CT molecular complexity index is 569. The number of nitriles is 1. The molecule has 0 bridgehead atoms. The van der Waals surface area contributed by atoms with E-state index in [0.29, 0.717) is 18.3 Å². The van der Waals surface area contributed by atoms with Gasteiger partial charge in [0.05, 0.1) is 4.92 Å². The van der Waals surface area contributed by atoms with Crippen LogP contribution in [0.15, 0.2) is 12.3 Å². The van der Waals surface area contributed by atoms with Gasteiger partial charge >= 0.3 is 0 Å². The van der Waals surface area contributed by atoms with Crippen LogP contribution in [0.2, 0.25) is 0 Å². The first-order valence-electron chi connectivity index (χ1n) is 7.11. The molecule has 0 aromatic carbocycles. The van der Waals surface area contributed by atoms with Crippen LogP contribution < -0.4 is 10.6 Å². The number of pyridine rings is 1. The van der Waals surface area contributed by atoms with Crippen LogP contribution in [-0.4, -0.2) is 29.0 Å². The van der Waals surface area contributed by atoms with E-state index in [9.17, 15) is 15.4 Å². The highest BCUT2D eigenvalue weighted by atomic mass is 16.6. The van der Waals surface area contributed by atoms with Crippen molar-refractivity contribution in [2.75, 3.05) is 18.0 Å². The molecule has 112 valence electrons. The van der Waals surface area contributed by atoms with Gasteiger partial charge in [-0.3, -0.25) is 10.1 Å². The molecule has 1 aliphatic rings. The normalized spacial score (nSPS) is 21.9. The zero-order valence-corrected chi connectivity index (χ0v) is 12.0.